The lowest BCUT2D eigenvalue weighted by Gasteiger charge is -2.40. The van der Waals surface area contributed by atoms with Crippen LogP contribution in [0.3, 0.4) is 0 Å². The molecule has 1 amide bonds. The van der Waals surface area contributed by atoms with Crippen molar-refractivity contribution in [2.45, 2.75) is 19.4 Å². The highest BCUT2D eigenvalue weighted by Crippen LogP contribution is 2.35. The third-order valence-corrected chi connectivity index (χ3v) is 5.79. The molecule has 2 aromatic carbocycles. The minimum absolute atomic E-state index is 0.0672. The van der Waals surface area contributed by atoms with Gasteiger partial charge in [0.1, 0.15) is 5.75 Å². The number of hydrogen-bond acceptors (Lipinski definition) is 6. The van der Waals surface area contributed by atoms with E-state index in [4.69, 9.17) is 14.2 Å². The van der Waals surface area contributed by atoms with Crippen LogP contribution in [0.4, 0.5) is 5.69 Å². The molecule has 2 heterocycles. The number of hydrogen-bond donors (Lipinski definition) is 1. The minimum atomic E-state index is 0.0672. The Kier molecular flexibility index (Phi) is 6.28. The number of carbonyl (C=O) groups excluding carboxylic acids is 1. The van der Waals surface area contributed by atoms with Crippen LogP contribution in [0.15, 0.2) is 42.5 Å². The number of ether oxygens (including phenoxy) is 3. The van der Waals surface area contributed by atoms with Crippen molar-refractivity contribution in [2.75, 3.05) is 51.5 Å². The molecule has 0 aromatic heterocycles. The van der Waals surface area contributed by atoms with E-state index in [0.29, 0.717) is 13.0 Å². The number of fused-ring (bicyclic) bond motifs is 1. The van der Waals surface area contributed by atoms with Crippen LogP contribution in [0.1, 0.15) is 24.9 Å². The van der Waals surface area contributed by atoms with Gasteiger partial charge in [0.25, 0.3) is 0 Å². The molecule has 4 rings (SSSR count). The predicted molar refractivity (Wildman–Crippen MR) is 115 cm³/mol. The maximum Gasteiger partial charge on any atom is 0.231 e. The zero-order valence-corrected chi connectivity index (χ0v) is 17.6. The fourth-order valence-electron chi connectivity index (χ4n) is 4.00. The molecule has 2 aromatic rings. The van der Waals surface area contributed by atoms with Crippen LogP contribution in [0.2, 0.25) is 0 Å². The third kappa shape index (κ3) is 4.46. The van der Waals surface area contributed by atoms with Crippen LogP contribution >= 0.6 is 0 Å². The number of piperazine rings is 1. The van der Waals surface area contributed by atoms with Gasteiger partial charge in [0, 0.05) is 44.8 Å². The fourth-order valence-corrected chi connectivity index (χ4v) is 4.00. The Morgan fingerprint density at radius 2 is 1.80 bits per heavy atom. The van der Waals surface area contributed by atoms with Crippen molar-refractivity contribution in [3.8, 4) is 17.2 Å². The van der Waals surface area contributed by atoms with E-state index in [9.17, 15) is 4.79 Å². The number of amides is 1. The van der Waals surface area contributed by atoms with Crippen molar-refractivity contribution in [2.24, 2.45) is 0 Å². The topological polar surface area (TPSA) is 63.3 Å². The summed E-state index contributed by atoms with van der Waals surface area (Å²) in [6.45, 7) is 6.38. The Hall–Kier alpha value is -2.93. The van der Waals surface area contributed by atoms with Gasteiger partial charge in [0.15, 0.2) is 11.5 Å². The lowest BCUT2D eigenvalue weighted by molar-refractivity contribution is -0.121. The fraction of sp³-hybridized carbons (Fsp3) is 0.435. The first-order chi connectivity index (χ1) is 14.7. The number of rotatable bonds is 7. The van der Waals surface area contributed by atoms with Crippen molar-refractivity contribution < 1.29 is 19.0 Å². The first kappa shape index (κ1) is 20.3. The Morgan fingerprint density at radius 1 is 1.07 bits per heavy atom. The van der Waals surface area contributed by atoms with Gasteiger partial charge >= 0.3 is 0 Å². The quantitative estimate of drug-likeness (QED) is 0.756. The average molecular weight is 412 g/mol. The molecule has 7 heteroatoms. The van der Waals surface area contributed by atoms with Gasteiger partial charge in [-0.15, -0.1) is 0 Å². The van der Waals surface area contributed by atoms with E-state index in [2.05, 4.69) is 33.3 Å². The van der Waals surface area contributed by atoms with Gasteiger partial charge in [0.2, 0.25) is 12.7 Å². The smallest absolute Gasteiger partial charge is 0.231 e. The molecule has 1 atom stereocenters. The van der Waals surface area contributed by atoms with Crippen molar-refractivity contribution >= 4 is 11.6 Å². The van der Waals surface area contributed by atoms with Crippen LogP contribution in [-0.2, 0) is 4.79 Å². The number of methoxy groups -OCH3 is 1. The van der Waals surface area contributed by atoms with Crippen LogP contribution in [0.5, 0.6) is 17.2 Å². The summed E-state index contributed by atoms with van der Waals surface area (Å²) in [5.74, 6) is 2.49. The van der Waals surface area contributed by atoms with Gasteiger partial charge in [-0.25, -0.2) is 0 Å². The first-order valence-corrected chi connectivity index (χ1v) is 10.5. The SMILES string of the molecule is CCC(=O)NCC(c1ccc2c(c1)OCO2)N1CCN(c2ccc(OC)cc2)CC1. The lowest BCUT2D eigenvalue weighted by Crippen LogP contribution is -2.49. The molecular formula is C23H29N3O4. The molecule has 1 N–H and O–H groups in total. The first-order valence-electron chi connectivity index (χ1n) is 10.5. The summed E-state index contributed by atoms with van der Waals surface area (Å²) < 4.78 is 16.3. The zero-order chi connectivity index (χ0) is 20.9. The van der Waals surface area contributed by atoms with E-state index in [1.165, 1.54) is 5.69 Å². The second kappa shape index (κ2) is 9.26. The molecule has 0 aliphatic carbocycles. The monoisotopic (exact) mass is 411 g/mol. The van der Waals surface area contributed by atoms with Crippen molar-refractivity contribution in [1.29, 1.82) is 0 Å². The van der Waals surface area contributed by atoms with Crippen LogP contribution in [0, 0.1) is 0 Å². The second-order valence-corrected chi connectivity index (χ2v) is 7.51. The summed E-state index contributed by atoms with van der Waals surface area (Å²) >= 11 is 0. The maximum absolute atomic E-state index is 11.9. The molecular weight excluding hydrogens is 382 g/mol. The molecule has 0 radical (unpaired) electrons. The molecule has 0 saturated carbocycles. The van der Waals surface area contributed by atoms with E-state index in [1.807, 2.05) is 31.2 Å². The predicted octanol–water partition coefficient (Wildman–Crippen LogP) is 2.81. The van der Waals surface area contributed by atoms with Gasteiger partial charge in [-0.05, 0) is 42.0 Å². The van der Waals surface area contributed by atoms with Crippen LogP contribution in [0.25, 0.3) is 0 Å². The molecule has 30 heavy (non-hydrogen) atoms. The highest BCUT2D eigenvalue weighted by molar-refractivity contribution is 5.75. The van der Waals surface area contributed by atoms with Gasteiger partial charge in [-0.1, -0.05) is 13.0 Å². The summed E-state index contributed by atoms with van der Waals surface area (Å²) in [5.41, 5.74) is 2.34. The standard InChI is InChI=1S/C23H29N3O4/c1-3-23(27)24-15-20(17-4-9-21-22(14-17)30-16-29-21)26-12-10-25(11-13-26)18-5-7-19(28-2)8-6-18/h4-9,14,20H,3,10-13,15-16H2,1-2H3,(H,24,27). The second-order valence-electron chi connectivity index (χ2n) is 7.51. The number of nitrogens with one attached hydrogen (secondary N) is 1. The Morgan fingerprint density at radius 3 is 2.50 bits per heavy atom. The Bertz CT molecular complexity index is 863. The molecule has 160 valence electrons. The zero-order valence-electron chi connectivity index (χ0n) is 17.6. The van der Waals surface area contributed by atoms with Gasteiger partial charge in [0.05, 0.1) is 13.2 Å². The minimum Gasteiger partial charge on any atom is -0.497 e. The largest absolute Gasteiger partial charge is 0.497 e. The molecule has 2 aliphatic heterocycles. The van der Waals surface area contributed by atoms with Crippen molar-refractivity contribution in [3.05, 3.63) is 48.0 Å². The van der Waals surface area contributed by atoms with Crippen molar-refractivity contribution in [3.63, 3.8) is 0 Å². The highest BCUT2D eigenvalue weighted by atomic mass is 16.7. The molecule has 0 bridgehead atoms. The van der Waals surface area contributed by atoms with E-state index in [1.54, 1.807) is 7.11 Å². The molecule has 1 unspecified atom stereocenters. The summed E-state index contributed by atoms with van der Waals surface area (Å²) in [6, 6.07) is 14.4. The van der Waals surface area contributed by atoms with Crippen LogP contribution < -0.4 is 24.4 Å². The number of carbonyl (C=O) groups is 1. The molecule has 1 saturated heterocycles. The summed E-state index contributed by atoms with van der Waals surface area (Å²) in [5, 5.41) is 3.07. The summed E-state index contributed by atoms with van der Waals surface area (Å²) in [6.07, 6.45) is 0.485. The van der Waals surface area contributed by atoms with E-state index >= 15 is 0 Å². The van der Waals surface area contributed by atoms with Crippen molar-refractivity contribution in [1.82, 2.24) is 10.2 Å². The molecule has 0 spiro atoms. The molecule has 7 nitrogen and oxygen atoms in total. The van der Waals surface area contributed by atoms with E-state index in [0.717, 1.165) is 49.0 Å². The maximum atomic E-state index is 11.9. The van der Waals surface area contributed by atoms with E-state index in [-0.39, 0.29) is 18.7 Å². The normalized spacial score (nSPS) is 16.9. The molecule has 1 fully saturated rings. The summed E-state index contributed by atoms with van der Waals surface area (Å²) in [7, 11) is 1.68. The number of benzene rings is 2. The Balaban J connectivity index is 1.46. The third-order valence-electron chi connectivity index (χ3n) is 5.79. The molecule has 2 aliphatic rings. The van der Waals surface area contributed by atoms with Gasteiger partial charge in [-0.2, -0.15) is 0 Å². The summed E-state index contributed by atoms with van der Waals surface area (Å²) in [4.78, 5) is 16.7. The average Bonchev–Trinajstić information content (AvgIpc) is 3.27. The van der Waals surface area contributed by atoms with Gasteiger partial charge in [-0.3, -0.25) is 9.69 Å². The highest BCUT2D eigenvalue weighted by Gasteiger charge is 2.27. The lowest BCUT2D eigenvalue weighted by atomic mass is 10.0. The van der Waals surface area contributed by atoms with E-state index < -0.39 is 0 Å². The Labute approximate surface area is 177 Å². The van der Waals surface area contributed by atoms with Crippen LogP contribution in [-0.4, -0.2) is 57.4 Å². The number of anilines is 1. The number of nitrogens with zero attached hydrogens (tertiary/aromatic N) is 2. The van der Waals surface area contributed by atoms with Gasteiger partial charge < -0.3 is 24.4 Å².